The molecule has 10 nitrogen and oxygen atoms in total. The van der Waals surface area contributed by atoms with Crippen LogP contribution in [0.2, 0.25) is 0 Å². The van der Waals surface area contributed by atoms with Crippen molar-refractivity contribution in [2.75, 3.05) is 18.4 Å². The highest BCUT2D eigenvalue weighted by atomic mass is 16.4. The highest BCUT2D eigenvalue weighted by Gasteiger charge is 2.37. The van der Waals surface area contributed by atoms with Crippen molar-refractivity contribution in [3.05, 3.63) is 54.5 Å². The maximum absolute atomic E-state index is 13.2. The van der Waals surface area contributed by atoms with E-state index >= 15 is 0 Å². The molecule has 2 saturated carbocycles. The first-order valence-corrected chi connectivity index (χ1v) is 16.4. The Hall–Kier alpha value is -4.47. The van der Waals surface area contributed by atoms with Gasteiger partial charge in [-0.15, -0.1) is 0 Å². The summed E-state index contributed by atoms with van der Waals surface area (Å²) >= 11 is 0. The minimum Gasteiger partial charge on any atom is -0.436 e. The van der Waals surface area contributed by atoms with Crippen molar-refractivity contribution in [3.8, 4) is 22.8 Å². The molecule has 4 aromatic rings. The Morgan fingerprint density at radius 1 is 0.867 bits per heavy atom. The quantitative estimate of drug-likeness (QED) is 0.238. The van der Waals surface area contributed by atoms with Gasteiger partial charge in [0.2, 0.25) is 23.6 Å². The number of hydrogen-bond donors (Lipinski definition) is 2. The number of nitrogens with one attached hydrogen (secondary N) is 2. The van der Waals surface area contributed by atoms with Crippen LogP contribution in [0.4, 0.5) is 5.69 Å². The van der Waals surface area contributed by atoms with E-state index in [0.29, 0.717) is 55.0 Å². The second kappa shape index (κ2) is 11.5. The third-order valence-corrected chi connectivity index (χ3v) is 9.75. The summed E-state index contributed by atoms with van der Waals surface area (Å²) in [5.74, 6) is 3.18. The number of carbonyl (C=O) groups is 3. The third kappa shape index (κ3) is 5.85. The fourth-order valence-electron chi connectivity index (χ4n) is 6.90. The van der Waals surface area contributed by atoms with E-state index in [0.717, 1.165) is 66.6 Å². The van der Waals surface area contributed by atoms with Crippen LogP contribution in [-0.4, -0.2) is 61.6 Å². The molecule has 2 aliphatic carbocycles. The van der Waals surface area contributed by atoms with Crippen molar-refractivity contribution < 1.29 is 18.8 Å². The van der Waals surface area contributed by atoms with Gasteiger partial charge in [-0.2, -0.15) is 0 Å². The van der Waals surface area contributed by atoms with Crippen LogP contribution in [0, 0.1) is 11.8 Å². The van der Waals surface area contributed by atoms with Crippen LogP contribution in [0.15, 0.2) is 53.1 Å². The Morgan fingerprint density at radius 3 is 2.42 bits per heavy atom. The van der Waals surface area contributed by atoms with Gasteiger partial charge in [-0.25, -0.2) is 9.97 Å². The van der Waals surface area contributed by atoms with Crippen LogP contribution < -0.4 is 5.32 Å². The summed E-state index contributed by atoms with van der Waals surface area (Å²) in [6.07, 6.45) is 10.9. The van der Waals surface area contributed by atoms with Gasteiger partial charge in [0.25, 0.3) is 0 Å². The average Bonchev–Trinajstić information content (AvgIpc) is 3.73. The first kappa shape index (κ1) is 28.0. The molecule has 45 heavy (non-hydrogen) atoms. The number of hydrogen-bond acceptors (Lipinski definition) is 6. The molecule has 2 saturated heterocycles. The summed E-state index contributed by atoms with van der Waals surface area (Å²) in [6.45, 7) is 1.44. The molecule has 2 aliphatic heterocycles. The van der Waals surface area contributed by atoms with Gasteiger partial charge in [-0.05, 0) is 99.6 Å². The molecule has 8 rings (SSSR count). The predicted molar refractivity (Wildman–Crippen MR) is 169 cm³/mol. The second-order valence-corrected chi connectivity index (χ2v) is 13.2. The van der Waals surface area contributed by atoms with Crippen molar-refractivity contribution in [2.45, 2.75) is 76.3 Å². The third-order valence-electron chi connectivity index (χ3n) is 9.75. The first-order chi connectivity index (χ1) is 22.0. The zero-order valence-electron chi connectivity index (χ0n) is 25.3. The molecule has 2 atom stereocenters. The Kier molecular flexibility index (Phi) is 7.15. The number of anilines is 1. The Morgan fingerprint density at radius 2 is 1.62 bits per heavy atom. The molecule has 0 unspecified atom stereocenters. The summed E-state index contributed by atoms with van der Waals surface area (Å²) in [6, 6.07) is 13.0. The summed E-state index contributed by atoms with van der Waals surface area (Å²) in [5.41, 5.74) is 4.00. The largest absolute Gasteiger partial charge is 0.436 e. The van der Waals surface area contributed by atoms with E-state index in [1.54, 1.807) is 11.1 Å². The Balaban J connectivity index is 0.960. The standard InChI is InChI=1S/C35H38N6O4/c42-31(16-21-8-9-21)40-14-2-6-28(40)33-38-26-13-12-23(19-27(26)39-33)30-20-36-35(45-30)24-4-1-5-25(18-24)37-34(44)29-7-3-15-41(29)32(43)17-22-10-11-22/h1,4-5,12-13,18-22,28-29H,2-3,6-11,14-17H2,(H,37,44)(H,38,39)/t28-,29-/m0/s1. The highest BCUT2D eigenvalue weighted by Crippen LogP contribution is 2.38. The molecule has 2 N–H and O–H groups in total. The van der Waals surface area contributed by atoms with Gasteiger partial charge in [-0.1, -0.05) is 6.07 Å². The van der Waals surface area contributed by atoms with Crippen LogP contribution in [0.3, 0.4) is 0 Å². The molecule has 4 fully saturated rings. The maximum atomic E-state index is 13.2. The van der Waals surface area contributed by atoms with Gasteiger partial charge in [0.05, 0.1) is 23.3 Å². The SMILES string of the molecule is O=C(Nc1cccc(-c2ncc(-c3ccc4nc([C@@H]5CCCN5C(=O)CC5CC5)[nH]c4c3)o2)c1)[C@@H]1CCCN1C(=O)CC1CC1. The summed E-state index contributed by atoms with van der Waals surface area (Å²) in [5, 5.41) is 3.02. The zero-order valence-corrected chi connectivity index (χ0v) is 25.3. The molecule has 4 aliphatic rings. The Labute approximate surface area is 261 Å². The first-order valence-electron chi connectivity index (χ1n) is 16.4. The fraction of sp³-hybridized carbons (Fsp3) is 0.457. The molecular formula is C35H38N6O4. The maximum Gasteiger partial charge on any atom is 0.247 e. The average molecular weight is 607 g/mol. The van der Waals surface area contributed by atoms with Gasteiger partial charge < -0.3 is 24.5 Å². The molecule has 2 aromatic heterocycles. The topological polar surface area (TPSA) is 124 Å². The van der Waals surface area contributed by atoms with Crippen molar-refractivity contribution in [1.29, 1.82) is 0 Å². The number of likely N-dealkylation sites (tertiary alicyclic amines) is 2. The number of amides is 3. The van der Waals surface area contributed by atoms with Crippen LogP contribution in [0.25, 0.3) is 33.8 Å². The molecule has 232 valence electrons. The van der Waals surface area contributed by atoms with Crippen LogP contribution in [0.5, 0.6) is 0 Å². The van der Waals surface area contributed by atoms with E-state index < -0.39 is 6.04 Å². The number of aromatic nitrogens is 3. The van der Waals surface area contributed by atoms with Gasteiger partial charge in [0.15, 0.2) is 5.76 Å². The summed E-state index contributed by atoms with van der Waals surface area (Å²) < 4.78 is 6.19. The van der Waals surface area contributed by atoms with E-state index in [4.69, 9.17) is 9.40 Å². The number of imidazole rings is 1. The summed E-state index contributed by atoms with van der Waals surface area (Å²) in [7, 11) is 0. The van der Waals surface area contributed by atoms with Crippen LogP contribution in [-0.2, 0) is 14.4 Å². The molecule has 0 spiro atoms. The number of aromatic amines is 1. The lowest BCUT2D eigenvalue weighted by Gasteiger charge is -2.24. The monoisotopic (exact) mass is 606 g/mol. The minimum atomic E-state index is -0.425. The molecule has 0 bridgehead atoms. The van der Waals surface area contributed by atoms with Crippen molar-refractivity contribution in [1.82, 2.24) is 24.8 Å². The lowest BCUT2D eigenvalue weighted by molar-refractivity contribution is -0.136. The number of nitrogens with zero attached hydrogens (tertiary/aromatic N) is 4. The Bertz CT molecular complexity index is 1770. The predicted octanol–water partition coefficient (Wildman–Crippen LogP) is 6.08. The fourth-order valence-corrected chi connectivity index (χ4v) is 6.90. The lowest BCUT2D eigenvalue weighted by Crippen LogP contribution is -2.43. The number of carbonyl (C=O) groups excluding carboxylic acids is 3. The molecule has 3 amide bonds. The number of fused-ring (bicyclic) bond motifs is 1. The normalized spacial score (nSPS) is 21.5. The van der Waals surface area contributed by atoms with Gasteiger partial charge in [0.1, 0.15) is 11.9 Å². The van der Waals surface area contributed by atoms with Crippen LogP contribution >= 0.6 is 0 Å². The number of rotatable bonds is 9. The van der Waals surface area contributed by atoms with Gasteiger partial charge >= 0.3 is 0 Å². The number of oxazole rings is 1. The van der Waals surface area contributed by atoms with Gasteiger partial charge in [-0.3, -0.25) is 14.4 Å². The minimum absolute atomic E-state index is 0.00304. The molecular weight excluding hydrogens is 568 g/mol. The van der Waals surface area contributed by atoms with E-state index in [1.807, 2.05) is 47.4 Å². The second-order valence-electron chi connectivity index (χ2n) is 13.2. The smallest absolute Gasteiger partial charge is 0.247 e. The molecule has 2 aromatic carbocycles. The number of benzene rings is 2. The molecule has 0 radical (unpaired) electrons. The van der Waals surface area contributed by atoms with E-state index in [2.05, 4.69) is 15.3 Å². The van der Waals surface area contributed by atoms with E-state index in [9.17, 15) is 14.4 Å². The van der Waals surface area contributed by atoms with Crippen molar-refractivity contribution >= 4 is 34.4 Å². The molecule has 4 heterocycles. The van der Waals surface area contributed by atoms with Gasteiger partial charge in [0, 0.05) is 42.7 Å². The van der Waals surface area contributed by atoms with E-state index in [1.165, 1.54) is 12.8 Å². The molecule has 10 heteroatoms. The van der Waals surface area contributed by atoms with Crippen molar-refractivity contribution in [2.24, 2.45) is 11.8 Å². The van der Waals surface area contributed by atoms with Crippen LogP contribution in [0.1, 0.15) is 76.1 Å². The lowest BCUT2D eigenvalue weighted by atomic mass is 10.1. The van der Waals surface area contributed by atoms with E-state index in [-0.39, 0.29) is 23.8 Å². The highest BCUT2D eigenvalue weighted by molar-refractivity contribution is 5.98. The zero-order chi connectivity index (χ0) is 30.5. The number of H-pyrrole nitrogens is 1. The summed E-state index contributed by atoms with van der Waals surface area (Å²) in [4.78, 5) is 55.4. The van der Waals surface area contributed by atoms with Crippen molar-refractivity contribution in [3.63, 3.8) is 0 Å².